The molecule has 0 spiro atoms. The minimum atomic E-state index is 0.368. The zero-order valence-electron chi connectivity index (χ0n) is 9.88. The molecule has 1 fully saturated rings. The first kappa shape index (κ1) is 12.0. The van der Waals surface area contributed by atoms with Gasteiger partial charge >= 0.3 is 0 Å². The molecule has 1 saturated carbocycles. The maximum absolute atomic E-state index is 5.71. The highest BCUT2D eigenvalue weighted by molar-refractivity contribution is 4.72. The summed E-state index contributed by atoms with van der Waals surface area (Å²) in [7, 11) is 0. The summed E-state index contributed by atoms with van der Waals surface area (Å²) in [5.41, 5.74) is 0. The highest BCUT2D eigenvalue weighted by Gasteiger charge is 2.20. The van der Waals surface area contributed by atoms with Gasteiger partial charge < -0.3 is 10.1 Å². The van der Waals surface area contributed by atoms with Crippen molar-refractivity contribution in [2.75, 3.05) is 19.7 Å². The Bertz CT molecular complexity index is 135. The van der Waals surface area contributed by atoms with Crippen LogP contribution in [0.1, 0.15) is 40.0 Å². The topological polar surface area (TPSA) is 21.3 Å². The Morgan fingerprint density at radius 3 is 2.50 bits per heavy atom. The van der Waals surface area contributed by atoms with Crippen molar-refractivity contribution in [3.05, 3.63) is 0 Å². The Balaban J connectivity index is 1.84. The number of hydrogen-bond acceptors (Lipinski definition) is 2. The van der Waals surface area contributed by atoms with Crippen LogP contribution in [0, 0.1) is 11.8 Å². The molecule has 0 bridgehead atoms. The Hall–Kier alpha value is -0.0800. The van der Waals surface area contributed by atoms with Gasteiger partial charge in [0.05, 0.1) is 6.10 Å². The van der Waals surface area contributed by atoms with E-state index in [2.05, 4.69) is 26.1 Å². The van der Waals surface area contributed by atoms with Gasteiger partial charge in [-0.3, -0.25) is 0 Å². The van der Waals surface area contributed by atoms with Crippen molar-refractivity contribution in [1.82, 2.24) is 5.32 Å². The second kappa shape index (κ2) is 6.41. The van der Waals surface area contributed by atoms with E-state index in [-0.39, 0.29) is 0 Å². The maximum Gasteiger partial charge on any atom is 0.0671 e. The lowest BCUT2D eigenvalue weighted by Gasteiger charge is -2.14. The fourth-order valence-corrected chi connectivity index (χ4v) is 1.48. The van der Waals surface area contributed by atoms with Crippen molar-refractivity contribution in [1.29, 1.82) is 0 Å². The van der Waals surface area contributed by atoms with Crippen molar-refractivity contribution in [2.24, 2.45) is 11.8 Å². The fourth-order valence-electron chi connectivity index (χ4n) is 1.48. The van der Waals surface area contributed by atoms with E-state index in [9.17, 15) is 0 Å². The highest BCUT2D eigenvalue weighted by Crippen LogP contribution is 2.32. The summed E-state index contributed by atoms with van der Waals surface area (Å²) >= 11 is 0. The third-order valence-corrected chi connectivity index (χ3v) is 2.61. The van der Waals surface area contributed by atoms with Crippen molar-refractivity contribution in [3.8, 4) is 0 Å². The minimum Gasteiger partial charge on any atom is -0.377 e. The van der Waals surface area contributed by atoms with Gasteiger partial charge in [-0.1, -0.05) is 26.7 Å². The van der Waals surface area contributed by atoms with Gasteiger partial charge in [0.2, 0.25) is 0 Å². The van der Waals surface area contributed by atoms with Crippen molar-refractivity contribution in [3.63, 3.8) is 0 Å². The molecule has 1 atom stereocenters. The largest absolute Gasteiger partial charge is 0.377 e. The first-order valence-corrected chi connectivity index (χ1v) is 6.00. The average Bonchev–Trinajstić information content (AvgIpc) is 2.87. The number of rotatable bonds is 8. The highest BCUT2D eigenvalue weighted by atomic mass is 16.5. The molecule has 0 aromatic rings. The summed E-state index contributed by atoms with van der Waals surface area (Å²) in [6.45, 7) is 9.64. The Morgan fingerprint density at radius 2 is 1.93 bits per heavy atom. The van der Waals surface area contributed by atoms with Crippen LogP contribution in [0.5, 0.6) is 0 Å². The average molecular weight is 199 g/mol. The van der Waals surface area contributed by atoms with Crippen LogP contribution in [0.3, 0.4) is 0 Å². The van der Waals surface area contributed by atoms with Crippen LogP contribution in [0.2, 0.25) is 0 Å². The number of hydrogen-bond donors (Lipinski definition) is 1. The van der Waals surface area contributed by atoms with E-state index in [0.29, 0.717) is 6.10 Å². The molecule has 0 amide bonds. The van der Waals surface area contributed by atoms with Crippen LogP contribution in [0.4, 0.5) is 0 Å². The van der Waals surface area contributed by atoms with Gasteiger partial charge in [0.25, 0.3) is 0 Å². The lowest BCUT2D eigenvalue weighted by atomic mass is 10.2. The molecule has 1 aliphatic rings. The summed E-state index contributed by atoms with van der Waals surface area (Å²) in [5, 5.41) is 3.41. The van der Waals surface area contributed by atoms with Gasteiger partial charge in [0.15, 0.2) is 0 Å². The zero-order valence-corrected chi connectivity index (χ0v) is 9.88. The molecule has 1 N–H and O–H groups in total. The quantitative estimate of drug-likeness (QED) is 0.648. The summed E-state index contributed by atoms with van der Waals surface area (Å²) in [4.78, 5) is 0. The molecule has 1 aliphatic carbocycles. The van der Waals surface area contributed by atoms with Gasteiger partial charge in [0.1, 0.15) is 0 Å². The summed E-state index contributed by atoms with van der Waals surface area (Å²) in [5.74, 6) is 1.72. The van der Waals surface area contributed by atoms with E-state index in [4.69, 9.17) is 4.74 Å². The predicted octanol–water partition coefficient (Wildman–Crippen LogP) is 2.44. The molecule has 14 heavy (non-hydrogen) atoms. The smallest absolute Gasteiger partial charge is 0.0671 e. The van der Waals surface area contributed by atoms with E-state index in [0.717, 1.165) is 31.5 Å². The minimum absolute atomic E-state index is 0.368. The normalized spacial score (nSPS) is 18.9. The molecular formula is C12H25NO. The van der Waals surface area contributed by atoms with Crippen LogP contribution < -0.4 is 5.32 Å². The number of nitrogens with one attached hydrogen (secondary N) is 1. The second-order valence-corrected chi connectivity index (χ2v) is 4.97. The van der Waals surface area contributed by atoms with Gasteiger partial charge in [-0.2, -0.15) is 0 Å². The van der Waals surface area contributed by atoms with Gasteiger partial charge in [0, 0.05) is 13.2 Å². The van der Waals surface area contributed by atoms with Gasteiger partial charge in [-0.05, 0) is 31.7 Å². The third-order valence-electron chi connectivity index (χ3n) is 2.61. The predicted molar refractivity (Wildman–Crippen MR) is 60.5 cm³/mol. The van der Waals surface area contributed by atoms with Gasteiger partial charge in [-0.25, -0.2) is 0 Å². The maximum atomic E-state index is 5.71. The first-order chi connectivity index (χ1) is 6.68. The zero-order chi connectivity index (χ0) is 10.4. The molecule has 0 aromatic carbocycles. The standard InChI is InChI=1S/C12H25NO/c1-10(2)8-13-9-11(3)14-7-6-12-4-5-12/h10-13H,4-9H2,1-3H3. The van der Waals surface area contributed by atoms with Crippen LogP contribution in [0.25, 0.3) is 0 Å². The summed E-state index contributed by atoms with van der Waals surface area (Å²) in [6.07, 6.45) is 4.51. The van der Waals surface area contributed by atoms with Crippen LogP contribution in [0.15, 0.2) is 0 Å². The molecule has 2 nitrogen and oxygen atoms in total. The molecule has 1 rings (SSSR count). The summed E-state index contributed by atoms with van der Waals surface area (Å²) < 4.78 is 5.71. The van der Waals surface area contributed by atoms with Crippen LogP contribution >= 0.6 is 0 Å². The van der Waals surface area contributed by atoms with Crippen molar-refractivity contribution >= 4 is 0 Å². The SMILES string of the molecule is CC(C)CNCC(C)OCCC1CC1. The van der Waals surface area contributed by atoms with Crippen molar-refractivity contribution in [2.45, 2.75) is 46.1 Å². The lowest BCUT2D eigenvalue weighted by Crippen LogP contribution is -2.29. The van der Waals surface area contributed by atoms with E-state index in [1.54, 1.807) is 0 Å². The van der Waals surface area contributed by atoms with E-state index in [1.807, 2.05) is 0 Å². The third kappa shape index (κ3) is 6.39. The molecule has 84 valence electrons. The van der Waals surface area contributed by atoms with E-state index < -0.39 is 0 Å². The number of ether oxygens (including phenoxy) is 1. The van der Waals surface area contributed by atoms with Crippen LogP contribution in [-0.2, 0) is 4.74 Å². The lowest BCUT2D eigenvalue weighted by molar-refractivity contribution is 0.0614. The Morgan fingerprint density at radius 1 is 1.21 bits per heavy atom. The Labute approximate surface area is 88.4 Å². The van der Waals surface area contributed by atoms with E-state index >= 15 is 0 Å². The molecule has 2 heteroatoms. The molecule has 0 aliphatic heterocycles. The molecule has 0 saturated heterocycles. The second-order valence-electron chi connectivity index (χ2n) is 4.97. The van der Waals surface area contributed by atoms with E-state index in [1.165, 1.54) is 19.3 Å². The summed E-state index contributed by atoms with van der Waals surface area (Å²) in [6, 6.07) is 0. The van der Waals surface area contributed by atoms with Crippen LogP contribution in [-0.4, -0.2) is 25.8 Å². The molecular weight excluding hydrogens is 174 g/mol. The molecule has 0 aromatic heterocycles. The molecule has 1 unspecified atom stereocenters. The Kier molecular flexibility index (Phi) is 5.49. The molecule has 0 radical (unpaired) electrons. The van der Waals surface area contributed by atoms with Gasteiger partial charge in [-0.15, -0.1) is 0 Å². The molecule has 0 heterocycles. The fraction of sp³-hybridized carbons (Fsp3) is 1.00. The first-order valence-electron chi connectivity index (χ1n) is 6.00. The van der Waals surface area contributed by atoms with Crippen molar-refractivity contribution < 1.29 is 4.74 Å². The monoisotopic (exact) mass is 199 g/mol.